The third-order valence-corrected chi connectivity index (χ3v) is 3.42. The predicted octanol–water partition coefficient (Wildman–Crippen LogP) is 4.19. The fourth-order valence-electron chi connectivity index (χ4n) is 2.36. The Balaban J connectivity index is 1.87. The summed E-state index contributed by atoms with van der Waals surface area (Å²) in [6, 6.07) is 16.9. The number of fused-ring (bicyclic) bond motifs is 1. The van der Waals surface area contributed by atoms with Gasteiger partial charge in [0.1, 0.15) is 0 Å². The van der Waals surface area contributed by atoms with E-state index in [1.165, 1.54) is 5.56 Å². The van der Waals surface area contributed by atoms with E-state index in [-0.39, 0.29) is 0 Å². The molecule has 0 aliphatic rings. The molecule has 3 rings (SSSR count). The number of rotatable bonds is 4. The third kappa shape index (κ3) is 2.62. The van der Waals surface area contributed by atoms with Gasteiger partial charge in [0.15, 0.2) is 0 Å². The molecule has 0 radical (unpaired) electrons. The largest absolute Gasteiger partial charge is 0.378 e. The molecule has 3 heteroatoms. The zero-order valence-corrected chi connectivity index (χ0v) is 11.5. The first-order chi connectivity index (χ1) is 9.86. The van der Waals surface area contributed by atoms with Crippen molar-refractivity contribution >= 4 is 16.7 Å². The molecular weight excluding hydrogens is 246 g/mol. The van der Waals surface area contributed by atoms with Crippen LogP contribution in [0.4, 0.5) is 5.69 Å². The van der Waals surface area contributed by atoms with Crippen LogP contribution in [0, 0.1) is 0 Å². The Morgan fingerprint density at radius 2 is 1.70 bits per heavy atom. The summed E-state index contributed by atoms with van der Waals surface area (Å²) in [5, 5.41) is 3.57. The summed E-state index contributed by atoms with van der Waals surface area (Å²) in [5.74, 6) is 0. The highest BCUT2D eigenvalue weighted by Gasteiger charge is 2.08. The number of nitrogens with one attached hydrogen (secondary N) is 1. The number of hydrogen-bond donors (Lipinski definition) is 1. The molecule has 0 saturated carbocycles. The normalized spacial score (nSPS) is 12.2. The molecule has 1 unspecified atom stereocenters. The molecular formula is C17H17N3. The van der Waals surface area contributed by atoms with Gasteiger partial charge in [-0.3, -0.25) is 9.97 Å². The van der Waals surface area contributed by atoms with Crippen LogP contribution in [0.15, 0.2) is 60.9 Å². The van der Waals surface area contributed by atoms with Crippen LogP contribution >= 0.6 is 0 Å². The van der Waals surface area contributed by atoms with E-state index < -0.39 is 0 Å². The Bertz CT molecular complexity index is 695. The predicted molar refractivity (Wildman–Crippen MR) is 82.6 cm³/mol. The van der Waals surface area contributed by atoms with Crippen LogP contribution in [0.25, 0.3) is 11.0 Å². The van der Waals surface area contributed by atoms with Crippen LogP contribution in [0.1, 0.15) is 24.9 Å². The van der Waals surface area contributed by atoms with Crippen LogP contribution in [0.5, 0.6) is 0 Å². The number of benzene rings is 2. The van der Waals surface area contributed by atoms with Crippen molar-refractivity contribution in [2.24, 2.45) is 0 Å². The fourth-order valence-corrected chi connectivity index (χ4v) is 2.36. The second kappa shape index (κ2) is 5.70. The standard InChI is InChI=1S/C17H17N3/c1-2-15(13-6-4-3-5-7-13)20-14-8-9-16-17(12-14)19-11-10-18-16/h3-12,15,20H,2H2,1H3. The van der Waals surface area contributed by atoms with Gasteiger partial charge in [0.05, 0.1) is 17.1 Å². The highest BCUT2D eigenvalue weighted by Crippen LogP contribution is 2.24. The minimum absolute atomic E-state index is 0.310. The molecule has 1 heterocycles. The lowest BCUT2D eigenvalue weighted by Crippen LogP contribution is -2.09. The van der Waals surface area contributed by atoms with Crippen LogP contribution < -0.4 is 5.32 Å². The molecule has 0 aliphatic carbocycles. The molecule has 1 aromatic heterocycles. The monoisotopic (exact) mass is 263 g/mol. The highest BCUT2D eigenvalue weighted by molar-refractivity contribution is 5.78. The molecule has 0 aliphatic heterocycles. The van der Waals surface area contributed by atoms with Gasteiger partial charge in [-0.15, -0.1) is 0 Å². The zero-order chi connectivity index (χ0) is 13.8. The van der Waals surface area contributed by atoms with Crippen molar-refractivity contribution in [2.45, 2.75) is 19.4 Å². The second-order valence-electron chi connectivity index (χ2n) is 4.78. The van der Waals surface area contributed by atoms with Crippen molar-refractivity contribution in [1.82, 2.24) is 9.97 Å². The summed E-state index contributed by atoms with van der Waals surface area (Å²) in [6.07, 6.45) is 4.47. The van der Waals surface area contributed by atoms with Gasteiger partial charge in [-0.25, -0.2) is 0 Å². The molecule has 2 aromatic carbocycles. The number of anilines is 1. The van der Waals surface area contributed by atoms with E-state index in [0.717, 1.165) is 23.1 Å². The summed E-state index contributed by atoms with van der Waals surface area (Å²) in [6.45, 7) is 2.19. The van der Waals surface area contributed by atoms with E-state index in [1.807, 2.05) is 18.2 Å². The minimum atomic E-state index is 0.310. The van der Waals surface area contributed by atoms with E-state index in [9.17, 15) is 0 Å². The van der Waals surface area contributed by atoms with Crippen molar-refractivity contribution in [3.63, 3.8) is 0 Å². The van der Waals surface area contributed by atoms with Crippen LogP contribution in [-0.2, 0) is 0 Å². The average Bonchev–Trinajstić information content (AvgIpc) is 2.53. The van der Waals surface area contributed by atoms with Gasteiger partial charge in [-0.05, 0) is 30.2 Å². The first kappa shape index (κ1) is 12.6. The Hall–Kier alpha value is -2.42. The summed E-state index contributed by atoms with van der Waals surface area (Å²) >= 11 is 0. The summed E-state index contributed by atoms with van der Waals surface area (Å²) in [4.78, 5) is 8.63. The van der Waals surface area contributed by atoms with Crippen molar-refractivity contribution in [3.8, 4) is 0 Å². The van der Waals surface area contributed by atoms with Gasteiger partial charge in [-0.1, -0.05) is 37.3 Å². The van der Waals surface area contributed by atoms with Gasteiger partial charge < -0.3 is 5.32 Å². The third-order valence-electron chi connectivity index (χ3n) is 3.42. The van der Waals surface area contributed by atoms with Crippen molar-refractivity contribution in [1.29, 1.82) is 0 Å². The molecule has 3 aromatic rings. The van der Waals surface area contributed by atoms with Gasteiger partial charge in [0, 0.05) is 18.1 Å². The smallest absolute Gasteiger partial charge is 0.0907 e. The molecule has 0 bridgehead atoms. The molecule has 0 spiro atoms. The van der Waals surface area contributed by atoms with E-state index in [0.29, 0.717) is 6.04 Å². The molecule has 0 fully saturated rings. The molecule has 1 N–H and O–H groups in total. The molecule has 0 amide bonds. The maximum atomic E-state index is 4.35. The van der Waals surface area contributed by atoms with Crippen molar-refractivity contribution in [2.75, 3.05) is 5.32 Å². The Morgan fingerprint density at radius 1 is 0.950 bits per heavy atom. The number of nitrogens with zero attached hydrogens (tertiary/aromatic N) is 2. The lowest BCUT2D eigenvalue weighted by atomic mass is 10.0. The molecule has 100 valence electrons. The van der Waals surface area contributed by atoms with Crippen LogP contribution in [0.3, 0.4) is 0 Å². The van der Waals surface area contributed by atoms with Crippen molar-refractivity contribution in [3.05, 3.63) is 66.5 Å². The zero-order valence-electron chi connectivity index (χ0n) is 11.5. The molecule has 20 heavy (non-hydrogen) atoms. The average molecular weight is 263 g/mol. The SMILES string of the molecule is CCC(Nc1ccc2nccnc2c1)c1ccccc1. The molecule has 0 saturated heterocycles. The van der Waals surface area contributed by atoms with Gasteiger partial charge >= 0.3 is 0 Å². The number of aromatic nitrogens is 2. The Kier molecular flexibility index (Phi) is 3.59. The van der Waals surface area contributed by atoms with Gasteiger partial charge in [0.2, 0.25) is 0 Å². The quantitative estimate of drug-likeness (QED) is 0.766. The second-order valence-corrected chi connectivity index (χ2v) is 4.78. The molecule has 3 nitrogen and oxygen atoms in total. The highest BCUT2D eigenvalue weighted by atomic mass is 14.9. The fraction of sp³-hybridized carbons (Fsp3) is 0.176. The maximum absolute atomic E-state index is 4.35. The first-order valence-corrected chi connectivity index (χ1v) is 6.89. The van der Waals surface area contributed by atoms with Gasteiger partial charge in [-0.2, -0.15) is 0 Å². The van der Waals surface area contributed by atoms with E-state index in [2.05, 4.69) is 52.5 Å². The lowest BCUT2D eigenvalue weighted by molar-refractivity contribution is 0.749. The van der Waals surface area contributed by atoms with E-state index >= 15 is 0 Å². The Labute approximate surface area is 118 Å². The first-order valence-electron chi connectivity index (χ1n) is 6.89. The van der Waals surface area contributed by atoms with Crippen LogP contribution in [0.2, 0.25) is 0 Å². The Morgan fingerprint density at radius 3 is 2.45 bits per heavy atom. The minimum Gasteiger partial charge on any atom is -0.378 e. The molecule has 1 atom stereocenters. The maximum Gasteiger partial charge on any atom is 0.0907 e. The summed E-state index contributed by atoms with van der Waals surface area (Å²) in [7, 11) is 0. The topological polar surface area (TPSA) is 37.8 Å². The van der Waals surface area contributed by atoms with E-state index in [4.69, 9.17) is 0 Å². The summed E-state index contributed by atoms with van der Waals surface area (Å²) < 4.78 is 0. The van der Waals surface area contributed by atoms with Crippen LogP contribution in [-0.4, -0.2) is 9.97 Å². The lowest BCUT2D eigenvalue weighted by Gasteiger charge is -2.19. The summed E-state index contributed by atoms with van der Waals surface area (Å²) in [5.41, 5.74) is 4.22. The number of hydrogen-bond acceptors (Lipinski definition) is 3. The van der Waals surface area contributed by atoms with Gasteiger partial charge in [0.25, 0.3) is 0 Å². The van der Waals surface area contributed by atoms with E-state index in [1.54, 1.807) is 12.4 Å². The van der Waals surface area contributed by atoms with Crippen molar-refractivity contribution < 1.29 is 0 Å².